The molecular formula is C17H23N3. The van der Waals surface area contributed by atoms with E-state index >= 15 is 0 Å². The third kappa shape index (κ3) is 3.41. The van der Waals surface area contributed by atoms with Gasteiger partial charge in [0.25, 0.3) is 0 Å². The quantitative estimate of drug-likeness (QED) is 0.805. The first kappa shape index (κ1) is 13.2. The zero-order valence-electron chi connectivity index (χ0n) is 11.9. The van der Waals surface area contributed by atoms with E-state index in [1.165, 1.54) is 49.8 Å². The Morgan fingerprint density at radius 3 is 2.70 bits per heavy atom. The van der Waals surface area contributed by atoms with Crippen LogP contribution in [-0.2, 0) is 0 Å². The maximum Gasteiger partial charge on any atom is 0.0650 e. The summed E-state index contributed by atoms with van der Waals surface area (Å²) < 4.78 is 0. The molecule has 3 rings (SSSR count). The van der Waals surface area contributed by atoms with Gasteiger partial charge in [-0.25, -0.2) is 0 Å². The Bertz CT molecular complexity index is 511. The molecule has 1 aromatic carbocycles. The number of nitrogens with zero attached hydrogens (tertiary/aromatic N) is 1. The summed E-state index contributed by atoms with van der Waals surface area (Å²) in [6.45, 7) is 1.10. The van der Waals surface area contributed by atoms with Crippen LogP contribution in [0.1, 0.15) is 38.5 Å². The number of anilines is 1. The van der Waals surface area contributed by atoms with Crippen LogP contribution >= 0.6 is 0 Å². The van der Waals surface area contributed by atoms with Crippen molar-refractivity contribution in [1.82, 2.24) is 10.2 Å². The minimum absolute atomic E-state index is 0.841. The molecule has 0 atom stereocenters. The van der Waals surface area contributed by atoms with E-state index < -0.39 is 0 Å². The van der Waals surface area contributed by atoms with Crippen molar-refractivity contribution in [3.05, 3.63) is 36.5 Å². The number of hydrogen-bond donors (Lipinski definition) is 2. The molecule has 2 aromatic rings. The Morgan fingerprint density at radius 2 is 1.95 bits per heavy atom. The Labute approximate surface area is 120 Å². The van der Waals surface area contributed by atoms with E-state index in [9.17, 15) is 0 Å². The van der Waals surface area contributed by atoms with E-state index in [1.54, 1.807) is 6.20 Å². The molecule has 20 heavy (non-hydrogen) atoms. The van der Waals surface area contributed by atoms with Crippen molar-refractivity contribution in [2.24, 2.45) is 5.92 Å². The highest BCUT2D eigenvalue weighted by Crippen LogP contribution is 2.24. The first-order chi connectivity index (χ1) is 9.92. The predicted molar refractivity (Wildman–Crippen MR) is 83.7 cm³/mol. The van der Waals surface area contributed by atoms with Crippen molar-refractivity contribution in [2.45, 2.75) is 38.5 Å². The van der Waals surface area contributed by atoms with E-state index in [0.717, 1.165) is 18.2 Å². The minimum Gasteiger partial charge on any atom is -0.385 e. The molecular weight excluding hydrogens is 246 g/mol. The average Bonchev–Trinajstić information content (AvgIpc) is 2.90. The van der Waals surface area contributed by atoms with Gasteiger partial charge in [0.05, 0.1) is 5.69 Å². The fourth-order valence-electron chi connectivity index (χ4n) is 3.04. The van der Waals surface area contributed by atoms with Gasteiger partial charge in [-0.2, -0.15) is 5.10 Å². The topological polar surface area (TPSA) is 40.7 Å². The standard InChI is InChI=1S/C17H23N3/c1-2-4-7-14(6-3-1)13-18-16-9-5-8-15(12-16)17-10-11-19-20-17/h5,8-12,14,18H,1-4,6-7,13H2,(H,19,20). The third-order valence-corrected chi connectivity index (χ3v) is 4.24. The van der Waals surface area contributed by atoms with Gasteiger partial charge in [-0.3, -0.25) is 5.10 Å². The van der Waals surface area contributed by atoms with Crippen LogP contribution < -0.4 is 5.32 Å². The lowest BCUT2D eigenvalue weighted by molar-refractivity contribution is 0.483. The first-order valence-electron chi connectivity index (χ1n) is 7.75. The van der Waals surface area contributed by atoms with Gasteiger partial charge < -0.3 is 5.32 Å². The minimum atomic E-state index is 0.841. The number of rotatable bonds is 4. The monoisotopic (exact) mass is 269 g/mol. The summed E-state index contributed by atoms with van der Waals surface area (Å²) in [5.74, 6) is 0.841. The number of hydrogen-bond acceptors (Lipinski definition) is 2. The summed E-state index contributed by atoms with van der Waals surface area (Å²) in [4.78, 5) is 0. The third-order valence-electron chi connectivity index (χ3n) is 4.24. The highest BCUT2D eigenvalue weighted by Gasteiger charge is 2.11. The number of benzene rings is 1. The molecule has 3 heteroatoms. The van der Waals surface area contributed by atoms with Gasteiger partial charge in [-0.05, 0) is 37.0 Å². The highest BCUT2D eigenvalue weighted by molar-refractivity contribution is 5.64. The second kappa shape index (κ2) is 6.60. The number of nitrogens with one attached hydrogen (secondary N) is 2. The number of aromatic nitrogens is 2. The summed E-state index contributed by atoms with van der Waals surface area (Å²) >= 11 is 0. The summed E-state index contributed by atoms with van der Waals surface area (Å²) in [5, 5.41) is 10.6. The van der Waals surface area contributed by atoms with Gasteiger partial charge in [0.2, 0.25) is 0 Å². The molecule has 0 spiro atoms. The fraction of sp³-hybridized carbons (Fsp3) is 0.471. The van der Waals surface area contributed by atoms with Gasteiger partial charge in [-0.15, -0.1) is 0 Å². The Hall–Kier alpha value is -1.77. The van der Waals surface area contributed by atoms with Crippen LogP contribution in [0.15, 0.2) is 36.5 Å². The van der Waals surface area contributed by atoms with Crippen LogP contribution in [0.25, 0.3) is 11.3 Å². The zero-order valence-corrected chi connectivity index (χ0v) is 11.9. The van der Waals surface area contributed by atoms with Crippen LogP contribution in [0.5, 0.6) is 0 Å². The van der Waals surface area contributed by atoms with Crippen molar-refractivity contribution < 1.29 is 0 Å². The molecule has 0 unspecified atom stereocenters. The molecule has 0 saturated heterocycles. The highest BCUT2D eigenvalue weighted by atomic mass is 15.1. The number of H-pyrrole nitrogens is 1. The maximum atomic E-state index is 4.01. The van der Waals surface area contributed by atoms with E-state index in [2.05, 4.69) is 39.8 Å². The fourth-order valence-corrected chi connectivity index (χ4v) is 3.04. The lowest BCUT2D eigenvalue weighted by Gasteiger charge is -2.16. The Kier molecular flexibility index (Phi) is 4.36. The lowest BCUT2D eigenvalue weighted by Crippen LogP contribution is -2.13. The van der Waals surface area contributed by atoms with Crippen LogP contribution in [0.4, 0.5) is 5.69 Å². The largest absolute Gasteiger partial charge is 0.385 e. The summed E-state index contributed by atoms with van der Waals surface area (Å²) in [7, 11) is 0. The SMILES string of the molecule is c1cc(NCC2CCCCCC2)cc(-c2ccn[nH]2)c1. The van der Waals surface area contributed by atoms with Gasteiger partial charge in [0, 0.05) is 24.0 Å². The Morgan fingerprint density at radius 1 is 1.10 bits per heavy atom. The number of aromatic amines is 1. The molecule has 1 fully saturated rings. The molecule has 1 aromatic heterocycles. The van der Waals surface area contributed by atoms with Crippen LogP contribution in [0, 0.1) is 5.92 Å². The molecule has 0 bridgehead atoms. The zero-order chi connectivity index (χ0) is 13.6. The lowest BCUT2D eigenvalue weighted by atomic mass is 10.0. The second-order valence-corrected chi connectivity index (χ2v) is 5.79. The molecule has 3 nitrogen and oxygen atoms in total. The van der Waals surface area contributed by atoms with Crippen molar-refractivity contribution >= 4 is 5.69 Å². The molecule has 1 aliphatic carbocycles. The van der Waals surface area contributed by atoms with Crippen molar-refractivity contribution in [3.8, 4) is 11.3 Å². The Balaban J connectivity index is 1.61. The molecule has 0 radical (unpaired) electrons. The molecule has 1 aliphatic rings. The van der Waals surface area contributed by atoms with Crippen molar-refractivity contribution in [1.29, 1.82) is 0 Å². The summed E-state index contributed by atoms with van der Waals surface area (Å²) in [6, 6.07) is 10.6. The van der Waals surface area contributed by atoms with Crippen LogP contribution in [0.2, 0.25) is 0 Å². The van der Waals surface area contributed by atoms with E-state index in [0.29, 0.717) is 0 Å². The average molecular weight is 269 g/mol. The van der Waals surface area contributed by atoms with E-state index in [4.69, 9.17) is 0 Å². The van der Waals surface area contributed by atoms with E-state index in [-0.39, 0.29) is 0 Å². The summed E-state index contributed by atoms with van der Waals surface area (Å²) in [6.07, 6.45) is 10.2. The molecule has 0 amide bonds. The normalized spacial score (nSPS) is 16.8. The molecule has 0 aliphatic heterocycles. The predicted octanol–water partition coefficient (Wildman–Crippen LogP) is 4.46. The molecule has 2 N–H and O–H groups in total. The molecule has 106 valence electrons. The van der Waals surface area contributed by atoms with Crippen LogP contribution in [-0.4, -0.2) is 16.7 Å². The molecule has 1 saturated carbocycles. The first-order valence-corrected chi connectivity index (χ1v) is 7.75. The van der Waals surface area contributed by atoms with Gasteiger partial charge >= 0.3 is 0 Å². The smallest absolute Gasteiger partial charge is 0.0650 e. The van der Waals surface area contributed by atoms with E-state index in [1.807, 2.05) is 6.07 Å². The van der Waals surface area contributed by atoms with Crippen LogP contribution in [0.3, 0.4) is 0 Å². The van der Waals surface area contributed by atoms with Crippen molar-refractivity contribution in [2.75, 3.05) is 11.9 Å². The van der Waals surface area contributed by atoms with Crippen molar-refractivity contribution in [3.63, 3.8) is 0 Å². The maximum absolute atomic E-state index is 4.01. The van der Waals surface area contributed by atoms with Gasteiger partial charge in [-0.1, -0.05) is 37.8 Å². The summed E-state index contributed by atoms with van der Waals surface area (Å²) in [5.41, 5.74) is 3.47. The second-order valence-electron chi connectivity index (χ2n) is 5.79. The van der Waals surface area contributed by atoms with Gasteiger partial charge in [0.15, 0.2) is 0 Å². The molecule has 1 heterocycles. The van der Waals surface area contributed by atoms with Gasteiger partial charge in [0.1, 0.15) is 0 Å².